The van der Waals surface area contributed by atoms with E-state index in [9.17, 15) is 8.78 Å². The molecule has 0 amide bonds. The summed E-state index contributed by atoms with van der Waals surface area (Å²) in [4.78, 5) is 0. The van der Waals surface area contributed by atoms with Crippen LogP contribution in [-0.2, 0) is 0 Å². The van der Waals surface area contributed by atoms with Crippen molar-refractivity contribution < 1.29 is 8.78 Å². The number of hydrogen-bond acceptors (Lipinski definition) is 0. The molecule has 0 bridgehead atoms. The molecule has 3 fully saturated rings. The van der Waals surface area contributed by atoms with Crippen LogP contribution in [0.5, 0.6) is 0 Å². The molecule has 0 saturated heterocycles. The summed E-state index contributed by atoms with van der Waals surface area (Å²) < 4.78 is 24.5. The molecule has 0 atom stereocenters. The second kappa shape index (κ2) is 10.2. The maximum absolute atomic E-state index is 12.2. The van der Waals surface area contributed by atoms with E-state index in [4.69, 9.17) is 0 Å². The Morgan fingerprint density at radius 1 is 0.615 bits per heavy atom. The lowest BCUT2D eigenvalue weighted by Gasteiger charge is -2.36. The van der Waals surface area contributed by atoms with Crippen LogP contribution in [0.2, 0.25) is 0 Å². The maximum atomic E-state index is 12.2. The summed E-state index contributed by atoms with van der Waals surface area (Å²) >= 11 is 0. The second-order valence-electron chi connectivity index (χ2n) is 10.1. The third-order valence-corrected chi connectivity index (χ3v) is 8.01. The van der Waals surface area contributed by atoms with Crippen LogP contribution in [-0.4, -0.2) is 0 Å². The average molecular weight is 367 g/mol. The average Bonchev–Trinajstić information content (AvgIpc) is 2.64. The Balaban J connectivity index is 1.29. The first-order valence-corrected chi connectivity index (χ1v) is 11.6. The van der Waals surface area contributed by atoms with Gasteiger partial charge in [0.15, 0.2) is 0 Å². The lowest BCUT2D eigenvalue weighted by Crippen LogP contribution is -2.22. The molecular formula is C24H40F2. The van der Waals surface area contributed by atoms with E-state index in [-0.39, 0.29) is 0 Å². The van der Waals surface area contributed by atoms with Gasteiger partial charge in [-0.25, -0.2) is 0 Å². The largest absolute Gasteiger partial charge is 0.266 e. The van der Waals surface area contributed by atoms with Crippen molar-refractivity contribution >= 4 is 0 Å². The van der Waals surface area contributed by atoms with Crippen LogP contribution in [0.3, 0.4) is 0 Å². The smallest absolute Gasteiger partial charge is 0.174 e. The van der Waals surface area contributed by atoms with Gasteiger partial charge in [0.1, 0.15) is 0 Å². The molecule has 0 aromatic rings. The summed E-state index contributed by atoms with van der Waals surface area (Å²) in [5, 5.41) is 0. The van der Waals surface area contributed by atoms with Crippen LogP contribution in [0.1, 0.15) is 103 Å². The van der Waals surface area contributed by atoms with Gasteiger partial charge in [-0.1, -0.05) is 71.1 Å². The van der Waals surface area contributed by atoms with E-state index < -0.39 is 6.08 Å². The van der Waals surface area contributed by atoms with Gasteiger partial charge in [-0.15, -0.1) is 0 Å². The molecule has 0 radical (unpaired) electrons. The Morgan fingerprint density at radius 3 is 1.35 bits per heavy atom. The molecule has 26 heavy (non-hydrogen) atoms. The monoisotopic (exact) mass is 366 g/mol. The molecule has 3 aliphatic rings. The van der Waals surface area contributed by atoms with Crippen molar-refractivity contribution in [2.75, 3.05) is 0 Å². The first kappa shape index (κ1) is 20.3. The molecule has 0 aliphatic heterocycles. The Morgan fingerprint density at radius 2 is 0.962 bits per heavy atom. The van der Waals surface area contributed by atoms with Crippen LogP contribution in [0.15, 0.2) is 12.2 Å². The summed E-state index contributed by atoms with van der Waals surface area (Å²) in [7, 11) is 0. The summed E-state index contributed by atoms with van der Waals surface area (Å²) in [6, 6.07) is 0. The van der Waals surface area contributed by atoms with Crippen LogP contribution in [0.25, 0.3) is 0 Å². The van der Waals surface area contributed by atoms with Crippen molar-refractivity contribution in [1.29, 1.82) is 0 Å². The molecule has 0 N–H and O–H groups in total. The van der Waals surface area contributed by atoms with E-state index in [1.807, 2.05) is 0 Å². The summed E-state index contributed by atoms with van der Waals surface area (Å²) in [5.74, 6) is 5.38. The van der Waals surface area contributed by atoms with Gasteiger partial charge in [-0.05, 0) is 73.7 Å². The van der Waals surface area contributed by atoms with Crippen molar-refractivity contribution in [3.8, 4) is 0 Å². The van der Waals surface area contributed by atoms with E-state index in [2.05, 4.69) is 6.92 Å². The van der Waals surface area contributed by atoms with E-state index in [1.54, 1.807) is 0 Å². The fraction of sp³-hybridized carbons (Fsp3) is 0.917. The third kappa shape index (κ3) is 6.64. The molecule has 3 rings (SSSR count). The third-order valence-electron chi connectivity index (χ3n) is 8.01. The van der Waals surface area contributed by atoms with Gasteiger partial charge in [-0.3, -0.25) is 0 Å². The Kier molecular flexibility index (Phi) is 8.00. The zero-order valence-electron chi connectivity index (χ0n) is 16.9. The lowest BCUT2D eigenvalue weighted by molar-refractivity contribution is 0.166. The molecule has 2 heteroatoms. The fourth-order valence-corrected chi connectivity index (χ4v) is 6.17. The summed E-state index contributed by atoms with van der Waals surface area (Å²) in [6.45, 7) is 2.42. The molecular weight excluding hydrogens is 326 g/mol. The molecule has 0 aromatic heterocycles. The van der Waals surface area contributed by atoms with E-state index in [0.29, 0.717) is 12.3 Å². The van der Waals surface area contributed by atoms with Crippen LogP contribution < -0.4 is 0 Å². The van der Waals surface area contributed by atoms with Crippen molar-refractivity contribution in [1.82, 2.24) is 0 Å². The number of rotatable bonds is 6. The Labute approximate surface area is 160 Å². The highest BCUT2D eigenvalue weighted by Gasteiger charge is 2.28. The van der Waals surface area contributed by atoms with Crippen LogP contribution >= 0.6 is 0 Å². The zero-order valence-corrected chi connectivity index (χ0v) is 16.9. The molecule has 0 unspecified atom stereocenters. The molecule has 3 aliphatic carbocycles. The minimum atomic E-state index is -1.49. The fourth-order valence-electron chi connectivity index (χ4n) is 6.17. The van der Waals surface area contributed by atoms with E-state index in [0.717, 1.165) is 35.7 Å². The van der Waals surface area contributed by atoms with Crippen molar-refractivity contribution in [2.45, 2.75) is 103 Å². The van der Waals surface area contributed by atoms with Crippen LogP contribution in [0, 0.1) is 35.5 Å². The van der Waals surface area contributed by atoms with Gasteiger partial charge in [0.05, 0.1) is 0 Å². The van der Waals surface area contributed by atoms with Gasteiger partial charge in [0, 0.05) is 0 Å². The molecule has 0 heterocycles. The Hall–Kier alpha value is -0.400. The van der Waals surface area contributed by atoms with E-state index in [1.165, 1.54) is 89.9 Å². The second-order valence-corrected chi connectivity index (χ2v) is 10.1. The maximum Gasteiger partial charge on any atom is 0.266 e. The SMILES string of the molecule is CC1CCC(CC2CCC(CC3CCC(CC=C(F)F)CC3)CC2)CC1. The topological polar surface area (TPSA) is 0 Å². The van der Waals surface area contributed by atoms with Crippen molar-refractivity contribution in [3.63, 3.8) is 0 Å². The minimum absolute atomic E-state index is 0.515. The number of hydrogen-bond donors (Lipinski definition) is 0. The normalized spacial score (nSPS) is 38.7. The first-order valence-electron chi connectivity index (χ1n) is 11.6. The standard InChI is InChI=1S/C24H40F2/c1-18-2-4-20(5-3-18)16-22-10-12-23(13-11-22)17-21-8-6-19(7-9-21)14-15-24(25)26/h15,18-23H,2-14,16-17H2,1H3. The van der Waals surface area contributed by atoms with Crippen molar-refractivity contribution in [3.05, 3.63) is 12.2 Å². The van der Waals surface area contributed by atoms with Crippen LogP contribution in [0.4, 0.5) is 8.78 Å². The zero-order chi connectivity index (χ0) is 18.4. The predicted molar refractivity (Wildman–Crippen MR) is 106 cm³/mol. The highest BCUT2D eigenvalue weighted by molar-refractivity contribution is 4.86. The van der Waals surface area contributed by atoms with Gasteiger partial charge >= 0.3 is 0 Å². The summed E-state index contributed by atoms with van der Waals surface area (Å²) in [5.41, 5.74) is 0. The van der Waals surface area contributed by atoms with Gasteiger partial charge in [-0.2, -0.15) is 8.78 Å². The first-order chi connectivity index (χ1) is 12.6. The quantitative estimate of drug-likeness (QED) is 0.443. The van der Waals surface area contributed by atoms with Gasteiger partial charge in [0.2, 0.25) is 0 Å². The highest BCUT2D eigenvalue weighted by Crippen LogP contribution is 2.42. The minimum Gasteiger partial charge on any atom is -0.174 e. The molecule has 0 spiro atoms. The number of allylic oxidation sites excluding steroid dienone is 1. The van der Waals surface area contributed by atoms with Crippen molar-refractivity contribution in [2.24, 2.45) is 35.5 Å². The van der Waals surface area contributed by atoms with Gasteiger partial charge < -0.3 is 0 Å². The number of halogens is 2. The molecule has 0 nitrogen and oxygen atoms in total. The lowest BCUT2D eigenvalue weighted by atomic mass is 9.70. The highest BCUT2D eigenvalue weighted by atomic mass is 19.3. The van der Waals surface area contributed by atoms with Gasteiger partial charge in [0.25, 0.3) is 6.08 Å². The molecule has 3 saturated carbocycles. The summed E-state index contributed by atoms with van der Waals surface area (Å²) in [6.07, 6.45) is 19.9. The molecule has 150 valence electrons. The predicted octanol–water partition coefficient (Wildman–Crippen LogP) is 8.38. The Bertz CT molecular complexity index is 415. The molecule has 0 aromatic carbocycles. The van der Waals surface area contributed by atoms with E-state index >= 15 is 0 Å².